The van der Waals surface area contributed by atoms with Gasteiger partial charge in [0.1, 0.15) is 11.2 Å². The molecule has 0 aliphatic carbocycles. The lowest BCUT2D eigenvalue weighted by Gasteiger charge is -2.30. The van der Waals surface area contributed by atoms with Gasteiger partial charge in [-0.05, 0) is 71.8 Å². The zero-order valence-corrected chi connectivity index (χ0v) is 28.0. The molecule has 3 heterocycles. The second kappa shape index (κ2) is 11.2. The highest BCUT2D eigenvalue weighted by molar-refractivity contribution is 6.13. The van der Waals surface area contributed by atoms with Gasteiger partial charge in [0, 0.05) is 44.4 Å². The molecule has 0 saturated carbocycles. The normalized spacial score (nSPS) is 12.0. The quantitative estimate of drug-likeness (QED) is 0.183. The van der Waals surface area contributed by atoms with Crippen LogP contribution in [0.5, 0.6) is 11.5 Å². The maximum absolute atomic E-state index is 6.45. The minimum absolute atomic E-state index is 0.858. The van der Waals surface area contributed by atoms with Gasteiger partial charge in [-0.1, -0.05) is 115 Å². The van der Waals surface area contributed by atoms with Gasteiger partial charge in [-0.2, -0.15) is 0 Å². The number of anilines is 3. The van der Waals surface area contributed by atoms with Crippen LogP contribution < -0.4 is 9.64 Å². The van der Waals surface area contributed by atoms with E-state index in [1.807, 2.05) is 24.3 Å². The highest BCUT2D eigenvalue weighted by atomic mass is 16.5. The van der Waals surface area contributed by atoms with Gasteiger partial charge >= 0.3 is 0 Å². The average Bonchev–Trinajstić information content (AvgIpc) is 3.75. The molecule has 244 valence electrons. The summed E-state index contributed by atoms with van der Waals surface area (Å²) in [7, 11) is 0. The number of aromatic nitrogens is 1. The molecular formula is C48H30N2O2. The summed E-state index contributed by atoms with van der Waals surface area (Å²) < 4.78 is 15.2. The Labute approximate surface area is 300 Å². The Kier molecular flexibility index (Phi) is 6.22. The van der Waals surface area contributed by atoms with Crippen LogP contribution in [0, 0.1) is 0 Å². The zero-order chi connectivity index (χ0) is 34.2. The average molecular weight is 667 g/mol. The maximum atomic E-state index is 6.45. The molecule has 1 aliphatic rings. The third-order valence-corrected chi connectivity index (χ3v) is 10.4. The Hall–Kier alpha value is -7.04. The lowest BCUT2D eigenvalue weighted by atomic mass is 9.97. The minimum atomic E-state index is 0.858. The first kappa shape index (κ1) is 28.8. The van der Waals surface area contributed by atoms with Crippen molar-refractivity contribution in [1.29, 1.82) is 0 Å². The smallest absolute Gasteiger partial charge is 0.152 e. The summed E-state index contributed by atoms with van der Waals surface area (Å²) >= 11 is 0. The topological polar surface area (TPSA) is 30.5 Å². The van der Waals surface area contributed by atoms with Crippen LogP contribution in [-0.4, -0.2) is 4.57 Å². The van der Waals surface area contributed by atoms with Crippen LogP contribution in [0.25, 0.3) is 71.7 Å². The van der Waals surface area contributed by atoms with Crippen molar-refractivity contribution in [3.63, 3.8) is 0 Å². The zero-order valence-electron chi connectivity index (χ0n) is 28.0. The Morgan fingerprint density at radius 1 is 0.423 bits per heavy atom. The van der Waals surface area contributed by atoms with Crippen molar-refractivity contribution in [3.8, 4) is 39.4 Å². The monoisotopic (exact) mass is 666 g/mol. The van der Waals surface area contributed by atoms with E-state index in [0.29, 0.717) is 0 Å². The maximum Gasteiger partial charge on any atom is 0.152 e. The molecule has 0 radical (unpaired) electrons. The fraction of sp³-hybridized carbons (Fsp3) is 0. The molecule has 4 nitrogen and oxygen atoms in total. The summed E-state index contributed by atoms with van der Waals surface area (Å²) in [5, 5.41) is 4.58. The van der Waals surface area contributed by atoms with Gasteiger partial charge in [0.25, 0.3) is 0 Å². The van der Waals surface area contributed by atoms with Crippen molar-refractivity contribution in [2.75, 3.05) is 4.90 Å². The molecule has 10 aromatic rings. The Morgan fingerprint density at radius 2 is 1.10 bits per heavy atom. The highest BCUT2D eigenvalue weighted by Crippen LogP contribution is 2.48. The Bertz CT molecular complexity index is 3010. The van der Waals surface area contributed by atoms with Crippen molar-refractivity contribution in [3.05, 3.63) is 182 Å². The minimum Gasteiger partial charge on any atom is -0.456 e. The predicted molar refractivity (Wildman–Crippen MR) is 214 cm³/mol. The van der Waals surface area contributed by atoms with Gasteiger partial charge in [-0.15, -0.1) is 0 Å². The van der Waals surface area contributed by atoms with E-state index in [0.717, 1.165) is 89.5 Å². The number of hydrogen-bond donors (Lipinski definition) is 0. The second-order valence-electron chi connectivity index (χ2n) is 13.3. The standard InChI is InChI=1S/C48H30N2O2/c1-2-13-31(14-3-1)34-15-4-7-19-40(34)49(33-26-27-37-36-17-6-10-22-44(36)51-47(37)30-33)41-20-8-5-16-35(41)32-25-28-42-39(29-32)38-18-12-24-46-48(38)50(42)43-21-9-11-23-45(43)52-46/h1-30H. The number of furan rings is 1. The molecule has 8 aromatic carbocycles. The molecule has 11 rings (SSSR count). The van der Waals surface area contributed by atoms with Crippen LogP contribution in [0.1, 0.15) is 0 Å². The van der Waals surface area contributed by atoms with Crippen LogP contribution in [0.3, 0.4) is 0 Å². The van der Waals surface area contributed by atoms with Crippen LogP contribution in [-0.2, 0) is 0 Å². The molecular weight excluding hydrogens is 637 g/mol. The molecule has 0 amide bonds. The number of rotatable bonds is 5. The third-order valence-electron chi connectivity index (χ3n) is 10.4. The lowest BCUT2D eigenvalue weighted by Crippen LogP contribution is -2.12. The number of nitrogens with zero attached hydrogens (tertiary/aromatic N) is 2. The van der Waals surface area contributed by atoms with Crippen molar-refractivity contribution in [2.24, 2.45) is 0 Å². The Balaban J connectivity index is 1.15. The molecule has 4 heteroatoms. The van der Waals surface area contributed by atoms with E-state index in [9.17, 15) is 0 Å². The molecule has 0 bridgehead atoms. The number of ether oxygens (including phenoxy) is 1. The van der Waals surface area contributed by atoms with E-state index < -0.39 is 0 Å². The fourth-order valence-corrected chi connectivity index (χ4v) is 8.09. The summed E-state index contributed by atoms with van der Waals surface area (Å²) in [6.45, 7) is 0. The van der Waals surface area contributed by atoms with Crippen molar-refractivity contribution < 1.29 is 9.15 Å². The summed E-state index contributed by atoms with van der Waals surface area (Å²) in [6, 6.07) is 64.3. The third kappa shape index (κ3) is 4.28. The van der Waals surface area contributed by atoms with Gasteiger partial charge < -0.3 is 18.6 Å². The first-order valence-corrected chi connectivity index (χ1v) is 17.6. The van der Waals surface area contributed by atoms with Crippen molar-refractivity contribution in [1.82, 2.24) is 4.57 Å². The van der Waals surface area contributed by atoms with Gasteiger partial charge in [0.15, 0.2) is 11.5 Å². The summed E-state index contributed by atoms with van der Waals surface area (Å²) in [5.74, 6) is 1.74. The molecule has 2 aromatic heterocycles. The van der Waals surface area contributed by atoms with Gasteiger partial charge in [0.05, 0.1) is 28.1 Å². The van der Waals surface area contributed by atoms with Crippen LogP contribution in [0.2, 0.25) is 0 Å². The number of benzene rings is 8. The van der Waals surface area contributed by atoms with Crippen molar-refractivity contribution >= 4 is 60.8 Å². The summed E-state index contributed by atoms with van der Waals surface area (Å²) in [4.78, 5) is 2.38. The largest absolute Gasteiger partial charge is 0.456 e. The van der Waals surface area contributed by atoms with E-state index in [4.69, 9.17) is 9.15 Å². The second-order valence-corrected chi connectivity index (χ2v) is 13.3. The number of para-hydroxylation sites is 6. The van der Waals surface area contributed by atoms with Crippen LogP contribution in [0.4, 0.5) is 17.1 Å². The first-order chi connectivity index (χ1) is 25.8. The molecule has 0 spiro atoms. The molecule has 0 fully saturated rings. The predicted octanol–water partition coefficient (Wildman–Crippen LogP) is 13.6. The molecule has 0 unspecified atom stereocenters. The van der Waals surface area contributed by atoms with Crippen LogP contribution in [0.15, 0.2) is 186 Å². The molecule has 52 heavy (non-hydrogen) atoms. The molecule has 0 N–H and O–H groups in total. The van der Waals surface area contributed by atoms with E-state index in [1.54, 1.807) is 0 Å². The van der Waals surface area contributed by atoms with Gasteiger partial charge in [-0.25, -0.2) is 0 Å². The Morgan fingerprint density at radius 3 is 1.96 bits per heavy atom. The SMILES string of the molecule is c1ccc(-c2ccccc2N(c2ccc3c(c2)oc2ccccc23)c2ccccc2-c2ccc3c(c2)c2cccc4c2n3-c2ccccc2O4)cc1. The highest BCUT2D eigenvalue weighted by Gasteiger charge is 2.25. The molecule has 0 saturated heterocycles. The van der Waals surface area contributed by atoms with E-state index in [-0.39, 0.29) is 0 Å². The van der Waals surface area contributed by atoms with E-state index >= 15 is 0 Å². The van der Waals surface area contributed by atoms with Gasteiger partial charge in [-0.3, -0.25) is 0 Å². The lowest BCUT2D eigenvalue weighted by molar-refractivity contribution is 0.476. The van der Waals surface area contributed by atoms with Crippen molar-refractivity contribution in [2.45, 2.75) is 0 Å². The van der Waals surface area contributed by atoms with E-state index in [1.165, 1.54) is 10.8 Å². The summed E-state index contributed by atoms with van der Waals surface area (Å²) in [5.41, 5.74) is 12.8. The van der Waals surface area contributed by atoms with Crippen LogP contribution >= 0.6 is 0 Å². The first-order valence-electron chi connectivity index (χ1n) is 17.6. The number of fused-ring (bicyclic) bond motifs is 8. The molecule has 0 atom stereocenters. The fourth-order valence-electron chi connectivity index (χ4n) is 8.09. The molecule has 1 aliphatic heterocycles. The van der Waals surface area contributed by atoms with E-state index in [2.05, 4.69) is 167 Å². The van der Waals surface area contributed by atoms with Gasteiger partial charge in [0.2, 0.25) is 0 Å². The number of hydrogen-bond acceptors (Lipinski definition) is 3. The summed E-state index contributed by atoms with van der Waals surface area (Å²) in [6.07, 6.45) is 0.